The third kappa shape index (κ3) is 1.46. The van der Waals surface area contributed by atoms with Crippen LogP contribution in [0, 0.1) is 0 Å². The molecule has 0 N–H and O–H groups in total. The van der Waals surface area contributed by atoms with Crippen LogP contribution < -0.4 is 0 Å². The van der Waals surface area contributed by atoms with E-state index in [9.17, 15) is 0 Å². The van der Waals surface area contributed by atoms with Gasteiger partial charge in [-0.25, -0.2) is 4.98 Å². The first-order valence-corrected chi connectivity index (χ1v) is 5.22. The molecule has 0 atom stereocenters. The van der Waals surface area contributed by atoms with Crippen LogP contribution in [0.5, 0.6) is 0 Å². The molecule has 0 spiro atoms. The number of hydrogen-bond donors (Lipinski definition) is 0. The molecule has 0 bridgehead atoms. The summed E-state index contributed by atoms with van der Waals surface area (Å²) in [5.74, 6) is 1.55. The van der Waals surface area contributed by atoms with Gasteiger partial charge < -0.3 is 9.30 Å². The van der Waals surface area contributed by atoms with Crippen molar-refractivity contribution in [3.8, 4) is 0 Å². The summed E-state index contributed by atoms with van der Waals surface area (Å²) in [6.07, 6.45) is 2.16. The maximum absolute atomic E-state index is 5.70. The molecule has 1 aromatic heterocycles. The summed E-state index contributed by atoms with van der Waals surface area (Å²) in [6, 6.07) is 0. The average molecular weight is 194 g/mol. The molecule has 0 amide bonds. The molecule has 0 aromatic carbocycles. The van der Waals surface area contributed by atoms with Crippen LogP contribution in [0.3, 0.4) is 0 Å². The molecule has 0 unspecified atom stereocenters. The van der Waals surface area contributed by atoms with Crippen LogP contribution in [0.25, 0.3) is 0 Å². The molecule has 1 aliphatic rings. The lowest BCUT2D eigenvalue weighted by atomic mass is 10.1. The third-order valence-electron chi connectivity index (χ3n) is 2.72. The molecule has 2 rings (SSSR count). The van der Waals surface area contributed by atoms with Gasteiger partial charge in [-0.3, -0.25) is 0 Å². The van der Waals surface area contributed by atoms with Crippen LogP contribution in [-0.4, -0.2) is 16.2 Å². The smallest absolute Gasteiger partial charge is 0.140 e. The van der Waals surface area contributed by atoms with Gasteiger partial charge in [0.25, 0.3) is 0 Å². The lowest BCUT2D eigenvalue weighted by molar-refractivity contribution is -0.0539. The molecule has 0 saturated heterocycles. The number of hydrogen-bond acceptors (Lipinski definition) is 2. The second-order valence-corrected chi connectivity index (χ2v) is 4.70. The maximum atomic E-state index is 5.70. The summed E-state index contributed by atoms with van der Waals surface area (Å²) in [5.41, 5.74) is 0.935. The zero-order valence-electron chi connectivity index (χ0n) is 9.37. The van der Waals surface area contributed by atoms with Crippen LogP contribution in [0.1, 0.15) is 45.1 Å². The van der Waals surface area contributed by atoms with Gasteiger partial charge in [0.2, 0.25) is 0 Å². The van der Waals surface area contributed by atoms with Crippen molar-refractivity contribution in [2.75, 3.05) is 6.61 Å². The Morgan fingerprint density at radius 1 is 1.50 bits per heavy atom. The number of ether oxygens (including phenoxy) is 1. The van der Waals surface area contributed by atoms with E-state index < -0.39 is 0 Å². The lowest BCUT2D eigenvalue weighted by Gasteiger charge is -2.30. The molecule has 2 heterocycles. The summed E-state index contributed by atoms with van der Waals surface area (Å²) in [4.78, 5) is 4.64. The van der Waals surface area contributed by atoms with E-state index >= 15 is 0 Å². The summed E-state index contributed by atoms with van der Waals surface area (Å²) < 4.78 is 7.92. The quantitative estimate of drug-likeness (QED) is 0.685. The van der Waals surface area contributed by atoms with Gasteiger partial charge in [0.1, 0.15) is 11.4 Å². The highest BCUT2D eigenvalue weighted by atomic mass is 16.5. The van der Waals surface area contributed by atoms with Gasteiger partial charge >= 0.3 is 0 Å². The molecule has 0 aliphatic carbocycles. The normalized spacial score (nSPS) is 19.8. The molecule has 3 heteroatoms. The zero-order valence-corrected chi connectivity index (χ0v) is 9.37. The Balaban J connectivity index is 2.44. The van der Waals surface area contributed by atoms with Crippen molar-refractivity contribution in [2.45, 2.75) is 45.8 Å². The Labute approximate surface area is 85.1 Å². The Bertz CT molecular complexity index is 339. The predicted molar refractivity (Wildman–Crippen MR) is 55.3 cm³/mol. The van der Waals surface area contributed by atoms with Crippen LogP contribution >= 0.6 is 0 Å². The number of fused-ring (bicyclic) bond motifs is 1. The van der Waals surface area contributed by atoms with E-state index in [1.165, 1.54) is 5.69 Å². The average Bonchev–Trinajstić information content (AvgIpc) is 2.48. The van der Waals surface area contributed by atoms with Crippen molar-refractivity contribution in [3.63, 3.8) is 0 Å². The molecule has 1 aliphatic heterocycles. The lowest BCUT2D eigenvalue weighted by Crippen LogP contribution is -2.33. The van der Waals surface area contributed by atoms with Crippen LogP contribution in [0.15, 0.2) is 6.20 Å². The van der Waals surface area contributed by atoms with Gasteiger partial charge in [0.15, 0.2) is 0 Å². The zero-order chi connectivity index (χ0) is 10.3. The highest BCUT2D eigenvalue weighted by Crippen LogP contribution is 2.29. The van der Waals surface area contributed by atoms with Crippen molar-refractivity contribution in [1.82, 2.24) is 9.55 Å². The number of nitrogens with zero attached hydrogens (tertiary/aromatic N) is 2. The monoisotopic (exact) mass is 194 g/mol. The van der Waals surface area contributed by atoms with Gasteiger partial charge in [-0.15, -0.1) is 0 Å². The van der Waals surface area contributed by atoms with Gasteiger partial charge in [0, 0.05) is 12.7 Å². The fourth-order valence-corrected chi connectivity index (χ4v) is 1.83. The largest absolute Gasteiger partial charge is 0.366 e. The van der Waals surface area contributed by atoms with E-state index in [4.69, 9.17) is 4.74 Å². The van der Waals surface area contributed by atoms with Gasteiger partial charge in [-0.05, 0) is 19.8 Å². The minimum atomic E-state index is -0.231. The van der Waals surface area contributed by atoms with E-state index in [0.717, 1.165) is 19.0 Å². The minimum absolute atomic E-state index is 0.231. The highest BCUT2D eigenvalue weighted by molar-refractivity contribution is 5.13. The number of aromatic nitrogens is 2. The summed E-state index contributed by atoms with van der Waals surface area (Å²) in [7, 11) is 0. The van der Waals surface area contributed by atoms with E-state index in [1.807, 2.05) is 0 Å². The van der Waals surface area contributed by atoms with Crippen molar-refractivity contribution in [2.24, 2.45) is 0 Å². The number of rotatable bonds is 1. The first kappa shape index (κ1) is 9.71. The van der Waals surface area contributed by atoms with E-state index in [1.54, 1.807) is 0 Å². The minimum Gasteiger partial charge on any atom is -0.366 e. The maximum Gasteiger partial charge on any atom is 0.140 e. The predicted octanol–water partition coefficient (Wildman–Crippen LogP) is 2.27. The van der Waals surface area contributed by atoms with Gasteiger partial charge in [-0.1, -0.05) is 13.8 Å². The summed E-state index contributed by atoms with van der Waals surface area (Å²) in [5, 5.41) is 0. The summed E-state index contributed by atoms with van der Waals surface area (Å²) in [6.45, 7) is 10.2. The number of imidazole rings is 1. The molecular weight excluding hydrogens is 176 g/mol. The molecule has 14 heavy (non-hydrogen) atoms. The third-order valence-corrected chi connectivity index (χ3v) is 2.72. The summed E-state index contributed by atoms with van der Waals surface area (Å²) >= 11 is 0. The van der Waals surface area contributed by atoms with Crippen molar-refractivity contribution >= 4 is 0 Å². The fraction of sp³-hybridized carbons (Fsp3) is 0.727. The van der Waals surface area contributed by atoms with E-state index in [2.05, 4.69) is 43.4 Å². The van der Waals surface area contributed by atoms with Crippen molar-refractivity contribution < 1.29 is 4.74 Å². The van der Waals surface area contributed by atoms with Gasteiger partial charge in [-0.2, -0.15) is 0 Å². The molecule has 0 radical (unpaired) electrons. The first-order valence-electron chi connectivity index (χ1n) is 5.22. The van der Waals surface area contributed by atoms with Crippen molar-refractivity contribution in [1.29, 1.82) is 0 Å². The van der Waals surface area contributed by atoms with Crippen LogP contribution in [0.4, 0.5) is 0 Å². The Hall–Kier alpha value is -0.830. The van der Waals surface area contributed by atoms with E-state index in [-0.39, 0.29) is 5.60 Å². The molecule has 1 aromatic rings. The second kappa shape index (κ2) is 3.09. The molecular formula is C11H18N2O. The van der Waals surface area contributed by atoms with E-state index in [0.29, 0.717) is 5.92 Å². The SMILES string of the molecule is CC(C)c1cn2c(n1)C(C)(C)OCC2. The second-order valence-electron chi connectivity index (χ2n) is 4.70. The Morgan fingerprint density at radius 2 is 2.21 bits per heavy atom. The van der Waals surface area contributed by atoms with Gasteiger partial charge in [0.05, 0.1) is 12.3 Å². The molecule has 0 saturated carbocycles. The molecule has 78 valence electrons. The van der Waals surface area contributed by atoms with Crippen LogP contribution in [0.2, 0.25) is 0 Å². The Morgan fingerprint density at radius 3 is 2.79 bits per heavy atom. The highest BCUT2D eigenvalue weighted by Gasteiger charge is 2.31. The Kier molecular flexibility index (Phi) is 2.14. The topological polar surface area (TPSA) is 27.1 Å². The standard InChI is InChI=1S/C11H18N2O/c1-8(2)9-7-13-5-6-14-11(3,4)10(13)12-9/h7-8H,5-6H2,1-4H3. The van der Waals surface area contributed by atoms with Crippen molar-refractivity contribution in [3.05, 3.63) is 17.7 Å². The first-order chi connectivity index (χ1) is 6.50. The fourth-order valence-electron chi connectivity index (χ4n) is 1.83. The molecule has 0 fully saturated rings. The molecule has 3 nitrogen and oxygen atoms in total. The van der Waals surface area contributed by atoms with Crippen LogP contribution in [-0.2, 0) is 16.9 Å².